The Morgan fingerprint density at radius 1 is 1.33 bits per heavy atom. The lowest BCUT2D eigenvalue weighted by molar-refractivity contribution is -0.117. The van der Waals surface area contributed by atoms with Gasteiger partial charge in [-0.1, -0.05) is 0 Å². The molecule has 1 aliphatic heterocycles. The SMILES string of the molecule is N#C/C(=C/c1ccc(N2CCOCC2)o1)C(=O)NCc1ccco1. The van der Waals surface area contributed by atoms with Crippen LogP contribution in [0.25, 0.3) is 6.08 Å². The average Bonchev–Trinajstić information content (AvgIpc) is 3.30. The first-order valence-electron chi connectivity index (χ1n) is 7.61. The minimum atomic E-state index is -0.474. The fourth-order valence-corrected chi connectivity index (χ4v) is 2.34. The van der Waals surface area contributed by atoms with Gasteiger partial charge in [0.15, 0.2) is 5.88 Å². The summed E-state index contributed by atoms with van der Waals surface area (Å²) < 4.78 is 16.1. The van der Waals surface area contributed by atoms with Crippen LogP contribution in [0.1, 0.15) is 11.5 Å². The molecule has 0 aliphatic carbocycles. The van der Waals surface area contributed by atoms with Crippen LogP contribution in [0, 0.1) is 11.3 Å². The van der Waals surface area contributed by atoms with Crippen LogP contribution in [0.3, 0.4) is 0 Å². The zero-order valence-corrected chi connectivity index (χ0v) is 13.0. The molecule has 0 atom stereocenters. The van der Waals surface area contributed by atoms with Crippen LogP contribution in [-0.4, -0.2) is 32.2 Å². The van der Waals surface area contributed by atoms with Gasteiger partial charge in [0.2, 0.25) is 0 Å². The van der Waals surface area contributed by atoms with E-state index in [-0.39, 0.29) is 12.1 Å². The molecule has 7 heteroatoms. The Labute approximate surface area is 139 Å². The molecule has 3 heterocycles. The van der Waals surface area contributed by atoms with Crippen LogP contribution in [0.15, 0.2) is 44.9 Å². The highest BCUT2D eigenvalue weighted by Gasteiger charge is 2.15. The molecule has 0 aromatic carbocycles. The number of anilines is 1. The third kappa shape index (κ3) is 3.86. The number of furan rings is 2. The van der Waals surface area contributed by atoms with Crippen molar-refractivity contribution >= 4 is 17.9 Å². The monoisotopic (exact) mass is 327 g/mol. The highest BCUT2D eigenvalue weighted by atomic mass is 16.5. The summed E-state index contributed by atoms with van der Waals surface area (Å²) >= 11 is 0. The Kier molecular flexibility index (Phi) is 4.99. The van der Waals surface area contributed by atoms with Crippen molar-refractivity contribution in [2.45, 2.75) is 6.54 Å². The van der Waals surface area contributed by atoms with Crippen LogP contribution in [-0.2, 0) is 16.1 Å². The van der Waals surface area contributed by atoms with Gasteiger partial charge in [-0.25, -0.2) is 0 Å². The number of amides is 1. The molecule has 0 bridgehead atoms. The molecule has 2 aromatic rings. The van der Waals surface area contributed by atoms with Gasteiger partial charge in [0.1, 0.15) is 23.2 Å². The van der Waals surface area contributed by atoms with Crippen LogP contribution in [0.4, 0.5) is 5.88 Å². The first-order valence-corrected chi connectivity index (χ1v) is 7.61. The van der Waals surface area contributed by atoms with E-state index in [1.807, 2.05) is 12.1 Å². The van der Waals surface area contributed by atoms with Gasteiger partial charge in [-0.15, -0.1) is 0 Å². The predicted molar refractivity (Wildman–Crippen MR) is 85.9 cm³/mol. The molecule has 1 amide bonds. The van der Waals surface area contributed by atoms with E-state index in [9.17, 15) is 10.1 Å². The van der Waals surface area contributed by atoms with E-state index in [1.54, 1.807) is 18.2 Å². The van der Waals surface area contributed by atoms with E-state index in [4.69, 9.17) is 13.6 Å². The van der Waals surface area contributed by atoms with Gasteiger partial charge in [-0.2, -0.15) is 5.26 Å². The summed E-state index contributed by atoms with van der Waals surface area (Å²) in [4.78, 5) is 14.1. The second kappa shape index (κ2) is 7.53. The van der Waals surface area contributed by atoms with Crippen LogP contribution in [0.2, 0.25) is 0 Å². The second-order valence-electron chi connectivity index (χ2n) is 5.21. The Balaban J connectivity index is 1.65. The van der Waals surface area contributed by atoms with Gasteiger partial charge >= 0.3 is 0 Å². The van der Waals surface area contributed by atoms with Gasteiger partial charge in [0.25, 0.3) is 5.91 Å². The van der Waals surface area contributed by atoms with Gasteiger partial charge < -0.3 is 23.8 Å². The Morgan fingerprint density at radius 2 is 2.17 bits per heavy atom. The summed E-state index contributed by atoms with van der Waals surface area (Å²) in [5.41, 5.74) is -0.0237. The van der Waals surface area contributed by atoms with E-state index in [0.717, 1.165) is 13.1 Å². The quantitative estimate of drug-likeness (QED) is 0.666. The van der Waals surface area contributed by atoms with E-state index in [0.29, 0.717) is 30.6 Å². The molecule has 0 radical (unpaired) electrons. The summed E-state index contributed by atoms with van der Waals surface area (Å²) in [5.74, 6) is 1.31. The molecule has 124 valence electrons. The number of morpholine rings is 1. The van der Waals surface area contributed by atoms with Crippen molar-refractivity contribution in [2.24, 2.45) is 0 Å². The van der Waals surface area contributed by atoms with Crippen molar-refractivity contribution in [3.8, 4) is 6.07 Å². The van der Waals surface area contributed by atoms with Crippen LogP contribution < -0.4 is 10.2 Å². The van der Waals surface area contributed by atoms with Crippen LogP contribution >= 0.6 is 0 Å². The number of hydrogen-bond donors (Lipinski definition) is 1. The largest absolute Gasteiger partial charge is 0.467 e. The van der Waals surface area contributed by atoms with Crippen molar-refractivity contribution in [1.82, 2.24) is 5.32 Å². The van der Waals surface area contributed by atoms with E-state index < -0.39 is 5.91 Å². The lowest BCUT2D eigenvalue weighted by Crippen LogP contribution is -2.35. The Morgan fingerprint density at radius 3 is 2.88 bits per heavy atom. The number of ether oxygens (including phenoxy) is 1. The number of rotatable bonds is 5. The fraction of sp³-hybridized carbons (Fsp3) is 0.294. The average molecular weight is 327 g/mol. The summed E-state index contributed by atoms with van der Waals surface area (Å²) in [6, 6.07) is 8.94. The first kappa shape index (κ1) is 15.9. The molecule has 3 rings (SSSR count). The maximum Gasteiger partial charge on any atom is 0.262 e. The van der Waals surface area contributed by atoms with Gasteiger partial charge in [-0.3, -0.25) is 4.79 Å². The molecular formula is C17H17N3O4. The van der Waals surface area contributed by atoms with Crippen LogP contribution in [0.5, 0.6) is 0 Å². The molecule has 1 fully saturated rings. The van der Waals surface area contributed by atoms with Crippen molar-refractivity contribution < 1.29 is 18.4 Å². The molecule has 0 saturated carbocycles. The number of nitrogens with one attached hydrogen (secondary N) is 1. The third-order valence-corrected chi connectivity index (χ3v) is 3.59. The summed E-state index contributed by atoms with van der Waals surface area (Å²) in [6.45, 7) is 3.05. The maximum absolute atomic E-state index is 12.1. The molecule has 2 aromatic heterocycles. The number of nitrogens with zero attached hydrogens (tertiary/aromatic N) is 2. The van der Waals surface area contributed by atoms with E-state index in [2.05, 4.69) is 10.2 Å². The highest BCUT2D eigenvalue weighted by molar-refractivity contribution is 6.01. The van der Waals surface area contributed by atoms with Crippen molar-refractivity contribution in [1.29, 1.82) is 5.26 Å². The molecule has 1 saturated heterocycles. The summed E-state index contributed by atoms with van der Waals surface area (Å²) in [5, 5.41) is 11.8. The number of nitriles is 1. The van der Waals surface area contributed by atoms with E-state index in [1.165, 1.54) is 12.3 Å². The van der Waals surface area contributed by atoms with Crippen molar-refractivity contribution in [2.75, 3.05) is 31.2 Å². The van der Waals surface area contributed by atoms with Gasteiger partial charge in [-0.05, 0) is 18.2 Å². The molecule has 24 heavy (non-hydrogen) atoms. The molecule has 7 nitrogen and oxygen atoms in total. The standard InChI is InChI=1S/C17H17N3O4/c18-11-13(17(21)19-12-15-2-1-7-23-15)10-14-3-4-16(24-14)20-5-8-22-9-6-20/h1-4,7,10H,5-6,8-9,12H2,(H,19,21)/b13-10-. The zero-order chi connectivity index (χ0) is 16.8. The maximum atomic E-state index is 12.1. The normalized spacial score (nSPS) is 15.1. The Hall–Kier alpha value is -2.98. The number of carbonyl (C=O) groups is 1. The summed E-state index contributed by atoms with van der Waals surface area (Å²) in [6.07, 6.45) is 2.96. The van der Waals surface area contributed by atoms with Gasteiger partial charge in [0, 0.05) is 25.2 Å². The van der Waals surface area contributed by atoms with Gasteiger partial charge in [0.05, 0.1) is 26.0 Å². The lowest BCUT2D eigenvalue weighted by atomic mass is 10.2. The molecule has 0 unspecified atom stereocenters. The molecule has 1 N–H and O–H groups in total. The number of carbonyl (C=O) groups excluding carboxylic acids is 1. The first-order chi connectivity index (χ1) is 11.8. The molecule has 1 aliphatic rings. The third-order valence-electron chi connectivity index (χ3n) is 3.59. The Bertz CT molecular complexity index is 749. The van der Waals surface area contributed by atoms with Crippen molar-refractivity contribution in [3.05, 3.63) is 47.6 Å². The van der Waals surface area contributed by atoms with E-state index >= 15 is 0 Å². The zero-order valence-electron chi connectivity index (χ0n) is 13.0. The fourth-order valence-electron chi connectivity index (χ4n) is 2.34. The predicted octanol–water partition coefficient (Wildman–Crippen LogP) is 1.93. The number of hydrogen-bond acceptors (Lipinski definition) is 6. The topological polar surface area (TPSA) is 91.6 Å². The molecule has 0 spiro atoms. The summed E-state index contributed by atoms with van der Waals surface area (Å²) in [7, 11) is 0. The minimum Gasteiger partial charge on any atom is -0.467 e. The molecular weight excluding hydrogens is 310 g/mol. The minimum absolute atomic E-state index is 0.0237. The smallest absolute Gasteiger partial charge is 0.262 e. The van der Waals surface area contributed by atoms with Crippen molar-refractivity contribution in [3.63, 3.8) is 0 Å². The lowest BCUT2D eigenvalue weighted by Gasteiger charge is -2.26. The highest BCUT2D eigenvalue weighted by Crippen LogP contribution is 2.21. The second-order valence-corrected chi connectivity index (χ2v) is 5.21.